The van der Waals surface area contributed by atoms with Gasteiger partial charge in [-0.3, -0.25) is 4.79 Å². The molecule has 1 aromatic heterocycles. The first kappa shape index (κ1) is 9.63. The summed E-state index contributed by atoms with van der Waals surface area (Å²) in [7, 11) is 0. The lowest BCUT2D eigenvalue weighted by molar-refractivity contribution is -0.120. The van der Waals surface area contributed by atoms with Gasteiger partial charge in [0.1, 0.15) is 3.70 Å². The van der Waals surface area contributed by atoms with Gasteiger partial charge < -0.3 is 10.2 Å². The molecule has 14 heavy (non-hydrogen) atoms. The molecule has 1 N–H and O–H groups in total. The first-order valence-corrected chi connectivity index (χ1v) is 5.34. The van der Waals surface area contributed by atoms with Gasteiger partial charge in [-0.15, -0.1) is 10.2 Å². The third-order valence-electron chi connectivity index (χ3n) is 1.98. The molecule has 0 atom stereocenters. The predicted molar refractivity (Wildman–Crippen MR) is 60.0 cm³/mol. The van der Waals surface area contributed by atoms with Crippen LogP contribution >= 0.6 is 22.6 Å². The molecule has 1 saturated heterocycles. The topological polar surface area (TPSA) is 58.1 Å². The van der Waals surface area contributed by atoms with Crippen LogP contribution < -0.4 is 10.2 Å². The minimum absolute atomic E-state index is 0.0385. The lowest BCUT2D eigenvalue weighted by Crippen LogP contribution is -2.48. The van der Waals surface area contributed by atoms with Crippen LogP contribution in [0.15, 0.2) is 12.1 Å². The monoisotopic (exact) mass is 304 g/mol. The largest absolute Gasteiger partial charge is 0.353 e. The van der Waals surface area contributed by atoms with Gasteiger partial charge >= 0.3 is 0 Å². The van der Waals surface area contributed by atoms with Gasteiger partial charge in [0, 0.05) is 13.1 Å². The zero-order valence-corrected chi connectivity index (χ0v) is 9.56. The lowest BCUT2D eigenvalue weighted by atomic mass is 10.3. The van der Waals surface area contributed by atoms with E-state index in [-0.39, 0.29) is 5.91 Å². The zero-order chi connectivity index (χ0) is 9.97. The van der Waals surface area contributed by atoms with E-state index in [1.165, 1.54) is 0 Å². The van der Waals surface area contributed by atoms with Crippen LogP contribution in [0.1, 0.15) is 0 Å². The number of carbonyl (C=O) groups is 1. The fourth-order valence-corrected chi connectivity index (χ4v) is 1.60. The van der Waals surface area contributed by atoms with Gasteiger partial charge in [0.25, 0.3) is 0 Å². The van der Waals surface area contributed by atoms with Crippen molar-refractivity contribution in [2.24, 2.45) is 0 Å². The number of anilines is 1. The van der Waals surface area contributed by atoms with Crippen molar-refractivity contribution in [1.82, 2.24) is 15.5 Å². The number of nitrogens with one attached hydrogen (secondary N) is 1. The molecular formula is C8H9IN4O. The van der Waals surface area contributed by atoms with Crippen LogP contribution in [0.3, 0.4) is 0 Å². The van der Waals surface area contributed by atoms with E-state index in [9.17, 15) is 4.79 Å². The van der Waals surface area contributed by atoms with Gasteiger partial charge in [-0.2, -0.15) is 0 Å². The molecule has 0 bridgehead atoms. The highest BCUT2D eigenvalue weighted by Gasteiger charge is 2.17. The maximum Gasteiger partial charge on any atom is 0.239 e. The third-order valence-corrected chi connectivity index (χ3v) is 2.56. The van der Waals surface area contributed by atoms with Crippen molar-refractivity contribution in [2.45, 2.75) is 0 Å². The van der Waals surface area contributed by atoms with E-state index in [4.69, 9.17) is 0 Å². The van der Waals surface area contributed by atoms with E-state index >= 15 is 0 Å². The molecule has 0 saturated carbocycles. The van der Waals surface area contributed by atoms with Crippen LogP contribution in [0.2, 0.25) is 0 Å². The summed E-state index contributed by atoms with van der Waals surface area (Å²) < 4.78 is 0.854. The summed E-state index contributed by atoms with van der Waals surface area (Å²) in [5.74, 6) is 0.803. The molecule has 2 heterocycles. The number of piperazine rings is 1. The molecule has 0 spiro atoms. The summed E-state index contributed by atoms with van der Waals surface area (Å²) in [6.07, 6.45) is 0. The van der Waals surface area contributed by atoms with Crippen LogP contribution in [0, 0.1) is 3.70 Å². The number of carbonyl (C=O) groups excluding carboxylic acids is 1. The summed E-state index contributed by atoms with van der Waals surface area (Å²) in [6, 6.07) is 3.77. The third kappa shape index (κ3) is 2.11. The number of aromatic nitrogens is 2. The molecule has 0 aliphatic carbocycles. The van der Waals surface area contributed by atoms with Crippen molar-refractivity contribution in [1.29, 1.82) is 0 Å². The highest BCUT2D eigenvalue weighted by molar-refractivity contribution is 14.1. The number of hydrogen-bond donors (Lipinski definition) is 1. The van der Waals surface area contributed by atoms with Crippen LogP contribution in [-0.4, -0.2) is 35.7 Å². The maximum absolute atomic E-state index is 11.1. The summed E-state index contributed by atoms with van der Waals surface area (Å²) in [5, 5.41) is 10.7. The smallest absolute Gasteiger partial charge is 0.239 e. The summed E-state index contributed by atoms with van der Waals surface area (Å²) in [6.45, 7) is 1.84. The number of rotatable bonds is 1. The fraction of sp³-hybridized carbons (Fsp3) is 0.375. The molecule has 0 aromatic carbocycles. The number of hydrogen-bond acceptors (Lipinski definition) is 4. The first-order valence-electron chi connectivity index (χ1n) is 4.26. The minimum atomic E-state index is 0.0385. The Morgan fingerprint density at radius 2 is 2.29 bits per heavy atom. The van der Waals surface area contributed by atoms with E-state index in [1.54, 1.807) is 0 Å². The van der Waals surface area contributed by atoms with Gasteiger partial charge in [-0.25, -0.2) is 0 Å². The predicted octanol–water partition coefficient (Wildman–Crippen LogP) is 0.0174. The Hall–Kier alpha value is -0.920. The quantitative estimate of drug-likeness (QED) is 0.743. The first-order chi connectivity index (χ1) is 6.75. The molecule has 1 aliphatic heterocycles. The minimum Gasteiger partial charge on any atom is -0.353 e. The Bertz CT molecular complexity index is 340. The fourth-order valence-electron chi connectivity index (χ4n) is 1.31. The van der Waals surface area contributed by atoms with E-state index in [0.29, 0.717) is 13.1 Å². The van der Waals surface area contributed by atoms with Crippen molar-refractivity contribution in [3.8, 4) is 0 Å². The van der Waals surface area contributed by atoms with Crippen LogP contribution in [0.25, 0.3) is 0 Å². The molecule has 0 radical (unpaired) electrons. The van der Waals surface area contributed by atoms with Crippen LogP contribution in [0.5, 0.6) is 0 Å². The Kier molecular flexibility index (Phi) is 2.80. The molecule has 1 fully saturated rings. The number of amides is 1. The molecule has 2 rings (SSSR count). The summed E-state index contributed by atoms with van der Waals surface area (Å²) >= 11 is 2.10. The molecule has 5 nitrogen and oxygen atoms in total. The SMILES string of the molecule is O=C1CN(c2ccc(I)nn2)CCN1. The second-order valence-electron chi connectivity index (χ2n) is 2.99. The number of nitrogens with zero attached hydrogens (tertiary/aromatic N) is 3. The van der Waals surface area contributed by atoms with Crippen molar-refractivity contribution in [3.05, 3.63) is 15.8 Å². The van der Waals surface area contributed by atoms with E-state index in [0.717, 1.165) is 16.1 Å². The van der Waals surface area contributed by atoms with Gasteiger partial charge in [-0.05, 0) is 34.7 Å². The molecule has 6 heteroatoms. The van der Waals surface area contributed by atoms with E-state index < -0.39 is 0 Å². The summed E-state index contributed by atoms with van der Waals surface area (Å²) in [4.78, 5) is 13.0. The molecule has 1 aromatic rings. The molecule has 1 aliphatic rings. The molecular weight excluding hydrogens is 295 g/mol. The van der Waals surface area contributed by atoms with Crippen LogP contribution in [0.4, 0.5) is 5.82 Å². The van der Waals surface area contributed by atoms with E-state index in [1.807, 2.05) is 17.0 Å². The van der Waals surface area contributed by atoms with Crippen LogP contribution in [-0.2, 0) is 4.79 Å². The van der Waals surface area contributed by atoms with Crippen molar-refractivity contribution >= 4 is 34.3 Å². The van der Waals surface area contributed by atoms with Gasteiger partial charge in [0.2, 0.25) is 5.91 Å². The standard InChI is InChI=1S/C8H9IN4O/c9-6-1-2-7(12-11-6)13-4-3-10-8(14)5-13/h1-2H,3-5H2,(H,10,14). The molecule has 74 valence electrons. The Morgan fingerprint density at radius 3 is 2.93 bits per heavy atom. The highest BCUT2D eigenvalue weighted by atomic mass is 127. The van der Waals surface area contributed by atoms with Crippen molar-refractivity contribution in [3.63, 3.8) is 0 Å². The van der Waals surface area contributed by atoms with E-state index in [2.05, 4.69) is 38.1 Å². The average molecular weight is 304 g/mol. The van der Waals surface area contributed by atoms with Crippen molar-refractivity contribution < 1.29 is 4.79 Å². The zero-order valence-electron chi connectivity index (χ0n) is 7.40. The highest BCUT2D eigenvalue weighted by Crippen LogP contribution is 2.10. The Labute approximate surface area is 95.0 Å². The maximum atomic E-state index is 11.1. The lowest BCUT2D eigenvalue weighted by Gasteiger charge is -2.26. The summed E-state index contributed by atoms with van der Waals surface area (Å²) in [5.41, 5.74) is 0. The Morgan fingerprint density at radius 1 is 1.43 bits per heavy atom. The second kappa shape index (κ2) is 4.07. The Balaban J connectivity index is 2.14. The number of halogens is 1. The molecule has 0 unspecified atom stereocenters. The van der Waals surface area contributed by atoms with Gasteiger partial charge in [-0.1, -0.05) is 0 Å². The van der Waals surface area contributed by atoms with Crippen molar-refractivity contribution in [2.75, 3.05) is 24.5 Å². The average Bonchev–Trinajstić information content (AvgIpc) is 2.19. The normalized spacial score (nSPS) is 16.6. The van der Waals surface area contributed by atoms with Gasteiger partial charge in [0.15, 0.2) is 5.82 Å². The second-order valence-corrected chi connectivity index (χ2v) is 4.09. The molecule has 1 amide bonds. The van der Waals surface area contributed by atoms with Gasteiger partial charge in [0.05, 0.1) is 6.54 Å².